The average molecular weight is 704 g/mol. The van der Waals surface area contributed by atoms with Crippen LogP contribution in [0.5, 0.6) is 0 Å². The molecule has 50 heavy (non-hydrogen) atoms. The van der Waals surface area contributed by atoms with Crippen LogP contribution in [0.15, 0.2) is 63.0 Å². The first-order chi connectivity index (χ1) is 23.0. The van der Waals surface area contributed by atoms with Crippen LogP contribution in [0.4, 0.5) is 5.69 Å². The Kier molecular flexibility index (Phi) is 9.39. The molecule has 0 saturated carbocycles. The molecule has 2 saturated heterocycles. The Bertz CT molecular complexity index is 1810. The van der Waals surface area contributed by atoms with Gasteiger partial charge in [0.1, 0.15) is 29.5 Å². The van der Waals surface area contributed by atoms with Crippen LogP contribution in [0.2, 0.25) is 0 Å². The van der Waals surface area contributed by atoms with E-state index in [1.165, 1.54) is 11.1 Å². The van der Waals surface area contributed by atoms with E-state index in [9.17, 15) is 0 Å². The van der Waals surface area contributed by atoms with E-state index in [1.54, 1.807) is 0 Å². The van der Waals surface area contributed by atoms with Gasteiger partial charge in [0.15, 0.2) is 12.1 Å². The first-order valence-electron chi connectivity index (χ1n) is 18.0. The normalized spacial score (nSPS) is 22.7. The van der Waals surface area contributed by atoms with Crippen molar-refractivity contribution >= 4 is 35.9 Å². The Hall–Kier alpha value is -2.80. The number of ether oxygens (including phenoxy) is 3. The quantitative estimate of drug-likeness (QED) is 0.222. The van der Waals surface area contributed by atoms with Crippen molar-refractivity contribution in [2.45, 2.75) is 149 Å². The monoisotopic (exact) mass is 703 g/mol. The van der Waals surface area contributed by atoms with Gasteiger partial charge in [0.25, 0.3) is 0 Å². The molecule has 3 aromatic carbocycles. The lowest BCUT2D eigenvalue weighted by atomic mass is 9.77. The zero-order chi connectivity index (χ0) is 36.6. The minimum absolute atomic E-state index is 0.0835. The van der Waals surface area contributed by atoms with E-state index in [0.29, 0.717) is 6.54 Å². The number of fused-ring (bicyclic) bond motifs is 4. The molecule has 0 aliphatic carbocycles. The molecule has 0 amide bonds. The predicted molar refractivity (Wildman–Crippen MR) is 205 cm³/mol. The van der Waals surface area contributed by atoms with Gasteiger partial charge in [0, 0.05) is 34.1 Å². The molecule has 0 radical (unpaired) electrons. The van der Waals surface area contributed by atoms with Gasteiger partial charge in [-0.3, -0.25) is 4.52 Å². The Balaban J connectivity index is 1.62. The molecule has 0 unspecified atom stereocenters. The molecule has 0 bridgehead atoms. The zero-order valence-electron chi connectivity index (χ0n) is 32.6. The van der Waals surface area contributed by atoms with E-state index >= 15 is 0 Å². The molecule has 4 aromatic rings. The summed E-state index contributed by atoms with van der Waals surface area (Å²) in [6, 6.07) is 19.3. The van der Waals surface area contributed by atoms with Gasteiger partial charge in [-0.05, 0) is 70.9 Å². The van der Waals surface area contributed by atoms with Crippen LogP contribution in [0, 0.1) is 0 Å². The molecule has 0 spiro atoms. The van der Waals surface area contributed by atoms with Crippen molar-refractivity contribution in [2.75, 3.05) is 11.9 Å². The first-order valence-corrected chi connectivity index (χ1v) is 19.1. The van der Waals surface area contributed by atoms with Crippen LogP contribution >= 0.6 is 8.24 Å². The Labute approximate surface area is 300 Å². The summed E-state index contributed by atoms with van der Waals surface area (Å²) in [5.74, 6) is -0.808. The van der Waals surface area contributed by atoms with Gasteiger partial charge in [-0.1, -0.05) is 113 Å². The Morgan fingerprint density at radius 3 is 1.64 bits per heavy atom. The smallest absolute Gasteiger partial charge is 0.387 e. The van der Waals surface area contributed by atoms with Gasteiger partial charge < -0.3 is 27.9 Å². The van der Waals surface area contributed by atoms with Gasteiger partial charge in [-0.15, -0.1) is 0 Å². The summed E-state index contributed by atoms with van der Waals surface area (Å²) >= 11 is 0. The molecular formula is C42H58NO6P. The fourth-order valence-corrected chi connectivity index (χ4v) is 8.03. The third-order valence-electron chi connectivity index (χ3n) is 9.72. The highest BCUT2D eigenvalue weighted by Gasteiger charge is 2.56. The van der Waals surface area contributed by atoms with E-state index in [4.69, 9.17) is 27.1 Å². The third kappa shape index (κ3) is 7.54. The van der Waals surface area contributed by atoms with Crippen molar-refractivity contribution in [3.8, 4) is 0 Å². The lowest BCUT2D eigenvalue weighted by molar-refractivity contribution is -0.210. The summed E-state index contributed by atoms with van der Waals surface area (Å²) in [7, 11) is -1.97. The van der Waals surface area contributed by atoms with Gasteiger partial charge in [-0.25, -0.2) is 0 Å². The largest absolute Gasteiger partial charge is 0.399 e. The van der Waals surface area contributed by atoms with Crippen LogP contribution in [0.25, 0.3) is 21.9 Å². The number of rotatable bonds is 5. The molecule has 1 N–H and O–H groups in total. The maximum Gasteiger partial charge on any atom is 0.387 e. The summed E-state index contributed by atoms with van der Waals surface area (Å²) in [6.45, 7) is 31.4. The lowest BCUT2D eigenvalue weighted by Crippen LogP contribution is -2.41. The molecule has 7 nitrogen and oxygen atoms in total. The van der Waals surface area contributed by atoms with Gasteiger partial charge in [0.05, 0.1) is 0 Å². The molecule has 2 fully saturated rings. The minimum atomic E-state index is -1.97. The molecule has 2 aliphatic heterocycles. The molecule has 272 valence electrons. The highest BCUT2D eigenvalue weighted by Crippen LogP contribution is 2.47. The predicted octanol–water partition coefficient (Wildman–Crippen LogP) is 11.3. The summed E-state index contributed by atoms with van der Waals surface area (Å²) < 4.78 is 40.3. The highest BCUT2D eigenvalue weighted by molar-refractivity contribution is 7.31. The summed E-state index contributed by atoms with van der Waals surface area (Å²) in [5, 5.41) is 5.58. The van der Waals surface area contributed by atoms with Gasteiger partial charge >= 0.3 is 8.24 Å². The van der Waals surface area contributed by atoms with Crippen molar-refractivity contribution in [1.82, 2.24) is 0 Å². The van der Waals surface area contributed by atoms with Crippen LogP contribution in [-0.4, -0.2) is 36.9 Å². The van der Waals surface area contributed by atoms with Crippen LogP contribution in [0.1, 0.15) is 119 Å². The number of hydrogen-bond acceptors (Lipinski definition) is 7. The fraction of sp³-hybridized carbons (Fsp3) is 0.571. The highest BCUT2D eigenvalue weighted by atomic mass is 31.1. The van der Waals surface area contributed by atoms with E-state index in [2.05, 4.69) is 113 Å². The SMILES string of the molecule is CC1(C)O[C@H]2O[C@H](CNc3ccccc3)[C@H](Op3oc4c(C(C)(C)C)cc(C(C)(C)C)cc4c4cc(C(C)(C)C)cc(C(C)(C)C)c4o3)[C@H]2O1. The van der Waals surface area contributed by atoms with Crippen LogP contribution < -0.4 is 9.84 Å². The maximum absolute atomic E-state index is 7.08. The number of benzene rings is 3. The number of hydrogen-bond donors (Lipinski definition) is 1. The number of nitrogens with one attached hydrogen (secondary N) is 1. The average Bonchev–Trinajstić information content (AvgIpc) is 3.38. The summed E-state index contributed by atoms with van der Waals surface area (Å²) in [6.07, 6.45) is -1.93. The molecule has 6 rings (SSSR count). The van der Waals surface area contributed by atoms with Crippen LogP contribution in [-0.2, 0) is 35.9 Å². The van der Waals surface area contributed by atoms with E-state index < -0.39 is 32.5 Å². The van der Waals surface area contributed by atoms with Gasteiger partial charge in [0.2, 0.25) is 0 Å². The van der Waals surface area contributed by atoms with Crippen molar-refractivity contribution in [3.05, 3.63) is 76.9 Å². The molecule has 8 heteroatoms. The number of para-hydroxylation sites is 1. The zero-order valence-corrected chi connectivity index (χ0v) is 33.5. The molecule has 4 atom stereocenters. The second kappa shape index (κ2) is 12.7. The standard InChI is InChI=1S/C42H58NO6P/c1-38(2,3)25-20-28-29-21-26(39(4,5)6)23-31(41(10,11)12)34(29)48-50(47-33(28)30(22-25)40(7,8)9)49-35-32(24-43-27-18-16-15-17-19-27)44-37-36(35)45-42(13,14)46-37/h15-23,32,35-37,43H,24H2,1-14H3/t32-,35+,36-,37-/m1/s1. The van der Waals surface area contributed by atoms with Crippen LogP contribution in [0.3, 0.4) is 0 Å². The second-order valence-corrected chi connectivity index (χ2v) is 19.7. The fourth-order valence-electron chi connectivity index (χ4n) is 6.76. The summed E-state index contributed by atoms with van der Waals surface area (Å²) in [4.78, 5) is 0. The first kappa shape index (κ1) is 37.0. The lowest BCUT2D eigenvalue weighted by Gasteiger charge is -2.27. The maximum atomic E-state index is 7.08. The van der Waals surface area contributed by atoms with Crippen molar-refractivity contribution in [3.63, 3.8) is 0 Å². The Morgan fingerprint density at radius 2 is 1.18 bits per heavy atom. The van der Waals surface area contributed by atoms with E-state index in [1.807, 2.05) is 44.2 Å². The molecule has 2 aliphatic rings. The molecule has 3 heterocycles. The van der Waals surface area contributed by atoms with Crippen molar-refractivity contribution < 1.29 is 27.1 Å². The Morgan fingerprint density at radius 1 is 0.680 bits per heavy atom. The van der Waals surface area contributed by atoms with E-state index in [-0.39, 0.29) is 27.8 Å². The molecular weight excluding hydrogens is 645 g/mol. The minimum Gasteiger partial charge on any atom is -0.399 e. The number of anilines is 1. The second-order valence-electron chi connectivity index (χ2n) is 18.7. The van der Waals surface area contributed by atoms with E-state index in [0.717, 1.165) is 38.8 Å². The third-order valence-corrected chi connectivity index (χ3v) is 10.8. The molecule has 1 aromatic heterocycles. The van der Waals surface area contributed by atoms with Crippen molar-refractivity contribution in [1.29, 1.82) is 0 Å². The topological polar surface area (TPSA) is 75.2 Å². The van der Waals surface area contributed by atoms with Gasteiger partial charge in [-0.2, -0.15) is 0 Å². The van der Waals surface area contributed by atoms with Crippen molar-refractivity contribution in [2.24, 2.45) is 0 Å². The summed E-state index contributed by atoms with van der Waals surface area (Å²) in [5.41, 5.74) is 6.74.